The summed E-state index contributed by atoms with van der Waals surface area (Å²) in [6.45, 7) is 0. The van der Waals surface area contributed by atoms with Gasteiger partial charge in [0.15, 0.2) is 15.6 Å². The average Bonchev–Trinajstić information content (AvgIpc) is 2.84. The molecule has 1 amide bonds. The second-order valence-corrected chi connectivity index (χ2v) is 6.27. The van der Waals surface area contributed by atoms with E-state index < -0.39 is 15.7 Å². The molecule has 7 heteroatoms. The summed E-state index contributed by atoms with van der Waals surface area (Å²) in [5.74, 6) is -0.390. The number of hydrogen-bond acceptors (Lipinski definition) is 4. The van der Waals surface area contributed by atoms with E-state index in [2.05, 4.69) is 5.32 Å². The van der Waals surface area contributed by atoms with Gasteiger partial charge in [0.1, 0.15) is 0 Å². The highest BCUT2D eigenvalue weighted by Crippen LogP contribution is 2.25. The molecule has 0 atom stereocenters. The van der Waals surface area contributed by atoms with Gasteiger partial charge < -0.3 is 9.73 Å². The summed E-state index contributed by atoms with van der Waals surface area (Å²) < 4.78 is 27.8. The summed E-state index contributed by atoms with van der Waals surface area (Å²) >= 11 is 5.91. The lowest BCUT2D eigenvalue weighted by atomic mass is 10.3. The van der Waals surface area contributed by atoms with Crippen LogP contribution in [0.1, 0.15) is 10.6 Å². The summed E-state index contributed by atoms with van der Waals surface area (Å²) in [6.07, 6.45) is 2.44. The quantitative estimate of drug-likeness (QED) is 0.945. The zero-order valence-electron chi connectivity index (χ0n) is 9.88. The maximum Gasteiger partial charge on any atom is 0.291 e. The molecule has 0 spiro atoms. The number of nitrogens with one attached hydrogen (secondary N) is 1. The van der Waals surface area contributed by atoms with Crippen molar-refractivity contribution in [3.05, 3.63) is 47.4 Å². The molecule has 100 valence electrons. The van der Waals surface area contributed by atoms with Gasteiger partial charge in [-0.15, -0.1) is 0 Å². The van der Waals surface area contributed by atoms with Crippen molar-refractivity contribution >= 4 is 33.0 Å². The number of anilines is 1. The van der Waals surface area contributed by atoms with Crippen LogP contribution in [0.2, 0.25) is 5.02 Å². The van der Waals surface area contributed by atoms with Crippen molar-refractivity contribution in [1.82, 2.24) is 0 Å². The van der Waals surface area contributed by atoms with Crippen LogP contribution in [0.3, 0.4) is 0 Å². The van der Waals surface area contributed by atoms with Crippen molar-refractivity contribution in [2.75, 3.05) is 11.6 Å². The molecule has 2 rings (SSSR count). The fraction of sp³-hybridized carbons (Fsp3) is 0.0833. The molecule has 1 heterocycles. The third kappa shape index (κ3) is 3.15. The fourth-order valence-corrected chi connectivity index (χ4v) is 2.23. The SMILES string of the molecule is CS(=O)(=O)c1ccc(Cl)c(NC(=O)c2ccco2)c1. The Bertz CT molecular complexity index is 707. The van der Waals surface area contributed by atoms with Gasteiger partial charge in [-0.3, -0.25) is 4.79 Å². The minimum absolute atomic E-state index is 0.0756. The number of halogens is 1. The Labute approximate surface area is 115 Å². The van der Waals surface area contributed by atoms with Crippen molar-refractivity contribution in [3.63, 3.8) is 0 Å². The van der Waals surface area contributed by atoms with Gasteiger partial charge in [0.2, 0.25) is 0 Å². The minimum Gasteiger partial charge on any atom is -0.459 e. The number of amides is 1. The monoisotopic (exact) mass is 299 g/mol. The molecule has 0 bridgehead atoms. The molecule has 0 saturated carbocycles. The molecule has 0 radical (unpaired) electrons. The molecule has 0 aliphatic rings. The van der Waals surface area contributed by atoms with Gasteiger partial charge in [-0.1, -0.05) is 11.6 Å². The third-order valence-electron chi connectivity index (χ3n) is 2.36. The summed E-state index contributed by atoms with van der Waals surface area (Å²) in [5, 5.41) is 2.74. The first-order chi connectivity index (χ1) is 8.88. The second-order valence-electron chi connectivity index (χ2n) is 3.85. The van der Waals surface area contributed by atoms with Crippen LogP contribution in [-0.2, 0) is 9.84 Å². The Balaban J connectivity index is 2.32. The van der Waals surface area contributed by atoms with E-state index in [4.69, 9.17) is 16.0 Å². The van der Waals surface area contributed by atoms with Crippen LogP contribution in [-0.4, -0.2) is 20.6 Å². The van der Waals surface area contributed by atoms with Crippen molar-refractivity contribution < 1.29 is 17.6 Å². The van der Waals surface area contributed by atoms with Gasteiger partial charge in [-0.05, 0) is 30.3 Å². The van der Waals surface area contributed by atoms with E-state index >= 15 is 0 Å². The first-order valence-corrected chi connectivity index (χ1v) is 7.49. The second kappa shape index (κ2) is 5.07. The van der Waals surface area contributed by atoms with Gasteiger partial charge in [-0.25, -0.2) is 8.42 Å². The third-order valence-corrected chi connectivity index (χ3v) is 3.80. The van der Waals surface area contributed by atoms with Gasteiger partial charge in [0.25, 0.3) is 5.91 Å². The first-order valence-electron chi connectivity index (χ1n) is 5.22. The maximum absolute atomic E-state index is 11.8. The summed E-state index contributed by atoms with van der Waals surface area (Å²) in [7, 11) is -3.37. The smallest absolute Gasteiger partial charge is 0.291 e. The van der Waals surface area contributed by atoms with Gasteiger partial charge in [-0.2, -0.15) is 0 Å². The summed E-state index contributed by atoms with van der Waals surface area (Å²) in [5.41, 5.74) is 0.214. The largest absolute Gasteiger partial charge is 0.459 e. The molecule has 0 aliphatic heterocycles. The van der Waals surface area contributed by atoms with Crippen LogP contribution in [0.15, 0.2) is 45.9 Å². The predicted molar refractivity (Wildman–Crippen MR) is 71.2 cm³/mol. The Morgan fingerprint density at radius 1 is 1.32 bits per heavy atom. The van der Waals surface area contributed by atoms with Gasteiger partial charge >= 0.3 is 0 Å². The van der Waals surface area contributed by atoms with E-state index in [-0.39, 0.29) is 21.4 Å². The van der Waals surface area contributed by atoms with Crippen molar-refractivity contribution in [2.45, 2.75) is 4.90 Å². The number of carbonyl (C=O) groups excluding carboxylic acids is 1. The Hall–Kier alpha value is -1.79. The van der Waals surface area contributed by atoms with Gasteiger partial charge in [0, 0.05) is 6.26 Å². The number of rotatable bonds is 3. The van der Waals surface area contributed by atoms with Crippen LogP contribution in [0.4, 0.5) is 5.69 Å². The molecule has 0 saturated heterocycles. The molecular formula is C12H10ClNO4S. The molecular weight excluding hydrogens is 290 g/mol. The van der Waals surface area contributed by atoms with Crippen molar-refractivity contribution in [2.24, 2.45) is 0 Å². The molecule has 1 N–H and O–H groups in total. The van der Waals surface area contributed by atoms with Crippen molar-refractivity contribution in [3.8, 4) is 0 Å². The maximum atomic E-state index is 11.8. The lowest BCUT2D eigenvalue weighted by Gasteiger charge is -2.07. The Morgan fingerprint density at radius 2 is 2.05 bits per heavy atom. The molecule has 0 fully saturated rings. The molecule has 5 nitrogen and oxygen atoms in total. The minimum atomic E-state index is -3.37. The van der Waals surface area contributed by atoms with E-state index in [0.29, 0.717) is 0 Å². The van der Waals surface area contributed by atoms with E-state index in [1.54, 1.807) is 6.07 Å². The Kier molecular flexibility index (Phi) is 3.64. The van der Waals surface area contributed by atoms with E-state index in [9.17, 15) is 13.2 Å². The number of furan rings is 1. The highest BCUT2D eigenvalue weighted by atomic mass is 35.5. The molecule has 2 aromatic rings. The lowest BCUT2D eigenvalue weighted by molar-refractivity contribution is 0.0996. The first kappa shape index (κ1) is 13.6. The molecule has 1 aromatic heterocycles. The topological polar surface area (TPSA) is 76.4 Å². The highest BCUT2D eigenvalue weighted by molar-refractivity contribution is 7.90. The van der Waals surface area contributed by atoms with Crippen LogP contribution >= 0.6 is 11.6 Å². The van der Waals surface area contributed by atoms with E-state index in [0.717, 1.165) is 6.26 Å². The molecule has 0 aliphatic carbocycles. The average molecular weight is 300 g/mol. The van der Waals surface area contributed by atoms with Crippen LogP contribution in [0.25, 0.3) is 0 Å². The zero-order valence-corrected chi connectivity index (χ0v) is 11.5. The summed E-state index contributed by atoms with van der Waals surface area (Å²) in [4.78, 5) is 11.9. The van der Waals surface area contributed by atoms with Crippen LogP contribution in [0, 0.1) is 0 Å². The van der Waals surface area contributed by atoms with E-state index in [1.807, 2.05) is 0 Å². The van der Waals surface area contributed by atoms with Crippen molar-refractivity contribution in [1.29, 1.82) is 0 Å². The molecule has 1 aromatic carbocycles. The number of benzene rings is 1. The molecule has 19 heavy (non-hydrogen) atoms. The fourth-order valence-electron chi connectivity index (χ4n) is 1.42. The number of hydrogen-bond donors (Lipinski definition) is 1. The Morgan fingerprint density at radius 3 is 2.63 bits per heavy atom. The van der Waals surface area contributed by atoms with Gasteiger partial charge in [0.05, 0.1) is 21.9 Å². The van der Waals surface area contributed by atoms with E-state index in [1.165, 1.54) is 30.5 Å². The highest BCUT2D eigenvalue weighted by Gasteiger charge is 2.14. The van der Waals surface area contributed by atoms with Crippen LogP contribution in [0.5, 0.6) is 0 Å². The lowest BCUT2D eigenvalue weighted by Crippen LogP contribution is -2.11. The number of sulfone groups is 1. The van der Waals surface area contributed by atoms with Crippen LogP contribution < -0.4 is 5.32 Å². The predicted octanol–water partition coefficient (Wildman–Crippen LogP) is 2.59. The standard InChI is InChI=1S/C12H10ClNO4S/c1-19(16,17)8-4-5-9(13)10(7-8)14-12(15)11-3-2-6-18-11/h2-7H,1H3,(H,14,15). The molecule has 0 unspecified atom stereocenters. The summed E-state index contributed by atoms with van der Waals surface area (Å²) in [6, 6.07) is 7.15. The zero-order chi connectivity index (χ0) is 14.0. The number of carbonyl (C=O) groups is 1. The normalized spacial score (nSPS) is 11.3.